The molecule has 2 fully saturated rings. The first-order chi connectivity index (χ1) is 15.0. The standard InChI is InChI=1S/C21H27N5O.C2H4N2/c1-16-7-11-23-20(24-16)25-13-9-21(10-14-25)8-4-12-26(19(21)27)15-17-5-2-3-6-18(17)22;3-1-2-4/h2-3,5-7,11H,4,8-10,12-15,22H2,1H3;1-4H. The monoisotopic (exact) mass is 421 g/mol. The molecule has 0 aliphatic carbocycles. The van der Waals surface area contributed by atoms with Crippen LogP contribution in [0.2, 0.25) is 0 Å². The minimum absolute atomic E-state index is 0.234. The van der Waals surface area contributed by atoms with E-state index >= 15 is 0 Å². The molecule has 0 radical (unpaired) electrons. The molecule has 2 aromatic rings. The van der Waals surface area contributed by atoms with Crippen LogP contribution in [-0.2, 0) is 11.3 Å². The number of hydrogen-bond acceptors (Lipinski definition) is 7. The number of likely N-dealkylation sites (tertiary alicyclic amines) is 1. The number of benzene rings is 1. The summed E-state index contributed by atoms with van der Waals surface area (Å²) in [6, 6.07) is 9.74. The summed E-state index contributed by atoms with van der Waals surface area (Å²) in [5.41, 5.74) is 8.62. The predicted molar refractivity (Wildman–Crippen MR) is 124 cm³/mol. The molecule has 2 aliphatic rings. The van der Waals surface area contributed by atoms with Crippen molar-refractivity contribution in [3.63, 3.8) is 0 Å². The highest BCUT2D eigenvalue weighted by Crippen LogP contribution is 2.42. The summed E-state index contributed by atoms with van der Waals surface area (Å²) in [6.07, 6.45) is 7.40. The van der Waals surface area contributed by atoms with Crippen LogP contribution in [0.1, 0.15) is 36.9 Å². The Labute approximate surface area is 183 Å². The van der Waals surface area contributed by atoms with Crippen molar-refractivity contribution in [2.24, 2.45) is 5.41 Å². The highest BCUT2D eigenvalue weighted by molar-refractivity contribution is 6.12. The van der Waals surface area contributed by atoms with Gasteiger partial charge in [0, 0.05) is 56.2 Å². The Balaban J connectivity index is 0.000000628. The smallest absolute Gasteiger partial charge is 0.229 e. The fourth-order valence-corrected chi connectivity index (χ4v) is 4.37. The lowest BCUT2D eigenvalue weighted by molar-refractivity contribution is -0.148. The molecule has 8 heteroatoms. The number of nitrogens with zero attached hydrogens (tertiary/aromatic N) is 4. The van der Waals surface area contributed by atoms with Crippen LogP contribution in [0.5, 0.6) is 0 Å². The number of rotatable bonds is 4. The third kappa shape index (κ3) is 5.25. The molecule has 0 saturated carbocycles. The molecule has 2 saturated heterocycles. The molecule has 3 heterocycles. The summed E-state index contributed by atoms with van der Waals surface area (Å²) in [7, 11) is 0. The van der Waals surface area contributed by atoms with E-state index in [1.54, 1.807) is 6.20 Å². The van der Waals surface area contributed by atoms with Crippen LogP contribution < -0.4 is 10.6 Å². The third-order valence-corrected chi connectivity index (χ3v) is 6.11. The van der Waals surface area contributed by atoms with Gasteiger partial charge in [0.2, 0.25) is 11.9 Å². The van der Waals surface area contributed by atoms with Crippen LogP contribution in [0, 0.1) is 23.2 Å². The van der Waals surface area contributed by atoms with Gasteiger partial charge >= 0.3 is 0 Å². The number of piperidine rings is 2. The molecule has 1 aromatic heterocycles. The maximum Gasteiger partial charge on any atom is 0.229 e. The quantitative estimate of drug-likeness (QED) is 0.517. The van der Waals surface area contributed by atoms with Crippen molar-refractivity contribution >= 4 is 30.0 Å². The minimum atomic E-state index is -0.234. The van der Waals surface area contributed by atoms with E-state index in [1.165, 1.54) is 0 Å². The van der Waals surface area contributed by atoms with Gasteiger partial charge in [-0.05, 0) is 50.3 Å². The van der Waals surface area contributed by atoms with Crippen molar-refractivity contribution in [1.82, 2.24) is 14.9 Å². The van der Waals surface area contributed by atoms with Gasteiger partial charge in [0.25, 0.3) is 0 Å². The highest BCUT2D eigenvalue weighted by Gasteiger charge is 2.45. The molecular formula is C23H31N7O. The summed E-state index contributed by atoms with van der Waals surface area (Å²) in [6.45, 7) is 5.07. The van der Waals surface area contributed by atoms with Crippen molar-refractivity contribution in [2.75, 3.05) is 30.3 Å². The van der Waals surface area contributed by atoms with Gasteiger partial charge in [-0.3, -0.25) is 4.79 Å². The molecule has 31 heavy (non-hydrogen) atoms. The number of carbonyl (C=O) groups is 1. The number of hydrogen-bond donors (Lipinski definition) is 3. The van der Waals surface area contributed by atoms with Crippen LogP contribution in [-0.4, -0.2) is 52.8 Å². The van der Waals surface area contributed by atoms with Gasteiger partial charge in [0.15, 0.2) is 0 Å². The van der Waals surface area contributed by atoms with Gasteiger partial charge in [0.1, 0.15) is 0 Å². The molecule has 0 atom stereocenters. The van der Waals surface area contributed by atoms with Gasteiger partial charge in [0.05, 0.1) is 5.41 Å². The molecule has 4 rings (SSSR count). The molecule has 4 N–H and O–H groups in total. The summed E-state index contributed by atoms with van der Waals surface area (Å²) >= 11 is 0. The fraction of sp³-hybridized carbons (Fsp3) is 0.435. The molecule has 0 bridgehead atoms. The van der Waals surface area contributed by atoms with Gasteiger partial charge in [-0.2, -0.15) is 0 Å². The Morgan fingerprint density at radius 1 is 1.10 bits per heavy atom. The zero-order valence-corrected chi connectivity index (χ0v) is 18.1. The second kappa shape index (κ2) is 10.1. The Morgan fingerprint density at radius 2 is 1.81 bits per heavy atom. The van der Waals surface area contributed by atoms with E-state index in [4.69, 9.17) is 16.6 Å². The molecule has 1 spiro atoms. The Kier molecular flexibility index (Phi) is 7.33. The van der Waals surface area contributed by atoms with Crippen LogP contribution >= 0.6 is 0 Å². The topological polar surface area (TPSA) is 123 Å². The summed E-state index contributed by atoms with van der Waals surface area (Å²) in [5, 5.41) is 12.2. The van der Waals surface area contributed by atoms with E-state index in [2.05, 4.69) is 14.9 Å². The largest absolute Gasteiger partial charge is 0.398 e. The Bertz CT molecular complexity index is 916. The van der Waals surface area contributed by atoms with E-state index in [9.17, 15) is 4.79 Å². The maximum absolute atomic E-state index is 13.4. The van der Waals surface area contributed by atoms with Crippen molar-refractivity contribution in [3.8, 4) is 0 Å². The van der Waals surface area contributed by atoms with Gasteiger partial charge in [-0.1, -0.05) is 18.2 Å². The molecular weight excluding hydrogens is 390 g/mol. The lowest BCUT2D eigenvalue weighted by Crippen LogP contribution is -2.53. The SMILES string of the molecule is Cc1ccnc(N2CCC3(CCCN(Cc4ccccc4N)C3=O)CC2)n1.N=CC=N. The van der Waals surface area contributed by atoms with E-state index < -0.39 is 0 Å². The molecule has 8 nitrogen and oxygen atoms in total. The van der Waals surface area contributed by atoms with Crippen molar-refractivity contribution in [2.45, 2.75) is 39.2 Å². The first-order valence-electron chi connectivity index (χ1n) is 10.7. The zero-order valence-electron chi connectivity index (χ0n) is 18.1. The number of para-hydroxylation sites is 1. The predicted octanol–water partition coefficient (Wildman–Crippen LogP) is 3.06. The molecule has 1 aromatic carbocycles. The summed E-state index contributed by atoms with van der Waals surface area (Å²) < 4.78 is 0. The third-order valence-electron chi connectivity index (χ3n) is 6.11. The number of nitrogens with two attached hydrogens (primary N) is 1. The molecule has 2 aliphatic heterocycles. The summed E-state index contributed by atoms with van der Waals surface area (Å²) in [5.74, 6) is 1.07. The van der Waals surface area contributed by atoms with Crippen molar-refractivity contribution < 1.29 is 4.79 Å². The zero-order chi connectivity index (χ0) is 22.3. The number of aryl methyl sites for hydroxylation is 1. The Morgan fingerprint density at radius 3 is 2.45 bits per heavy atom. The number of aromatic nitrogens is 2. The van der Waals surface area contributed by atoms with E-state index in [0.717, 1.165) is 80.6 Å². The van der Waals surface area contributed by atoms with E-state index in [0.29, 0.717) is 12.5 Å². The van der Waals surface area contributed by atoms with E-state index in [1.807, 2.05) is 42.2 Å². The second-order valence-electron chi connectivity index (χ2n) is 8.13. The van der Waals surface area contributed by atoms with Crippen LogP contribution in [0.3, 0.4) is 0 Å². The lowest BCUT2D eigenvalue weighted by Gasteiger charge is -2.46. The van der Waals surface area contributed by atoms with Gasteiger partial charge in [-0.15, -0.1) is 0 Å². The van der Waals surface area contributed by atoms with Crippen molar-refractivity contribution in [3.05, 3.63) is 47.8 Å². The van der Waals surface area contributed by atoms with Crippen LogP contribution in [0.25, 0.3) is 0 Å². The molecule has 0 unspecified atom stereocenters. The molecule has 164 valence electrons. The first-order valence-corrected chi connectivity index (χ1v) is 10.7. The number of carbonyl (C=O) groups excluding carboxylic acids is 1. The van der Waals surface area contributed by atoms with Crippen LogP contribution in [0.4, 0.5) is 11.6 Å². The number of nitrogen functional groups attached to an aromatic ring is 1. The Hall–Kier alpha value is -3.29. The average Bonchev–Trinajstić information content (AvgIpc) is 2.79. The molecule has 1 amide bonds. The normalized spacial score (nSPS) is 17.6. The van der Waals surface area contributed by atoms with Gasteiger partial charge < -0.3 is 26.4 Å². The number of nitrogens with one attached hydrogen (secondary N) is 2. The van der Waals surface area contributed by atoms with Gasteiger partial charge in [-0.25, -0.2) is 9.97 Å². The second-order valence-corrected chi connectivity index (χ2v) is 8.13. The lowest BCUT2D eigenvalue weighted by atomic mass is 9.71. The average molecular weight is 422 g/mol. The van der Waals surface area contributed by atoms with E-state index in [-0.39, 0.29) is 5.41 Å². The number of anilines is 2. The number of amides is 1. The highest BCUT2D eigenvalue weighted by atomic mass is 16.2. The fourth-order valence-electron chi connectivity index (χ4n) is 4.37. The minimum Gasteiger partial charge on any atom is -0.398 e. The maximum atomic E-state index is 13.4. The van der Waals surface area contributed by atoms with Crippen molar-refractivity contribution in [1.29, 1.82) is 10.8 Å². The first kappa shape index (κ1) is 22.4. The van der Waals surface area contributed by atoms with Crippen LogP contribution in [0.15, 0.2) is 36.5 Å². The summed E-state index contributed by atoms with van der Waals surface area (Å²) in [4.78, 5) is 26.5.